The molecule has 2 aromatic carbocycles. The number of hydrazine groups is 1. The molecule has 0 fully saturated rings. The van der Waals surface area contributed by atoms with Gasteiger partial charge in [0.15, 0.2) is 11.7 Å². The number of carbonyl (C=O) groups is 2. The Hall–Kier alpha value is -1.78. The van der Waals surface area contributed by atoms with Crippen LogP contribution in [0.15, 0.2) is 40.9 Å². The molecule has 2 rings (SSSR count). The highest BCUT2D eigenvalue weighted by molar-refractivity contribution is 9.10. The molecule has 7 nitrogen and oxygen atoms in total. The van der Waals surface area contributed by atoms with Crippen molar-refractivity contribution in [2.75, 3.05) is 13.2 Å². The van der Waals surface area contributed by atoms with Crippen molar-refractivity contribution in [1.29, 1.82) is 0 Å². The minimum atomic E-state index is -0.494. The zero-order valence-electron chi connectivity index (χ0n) is 15.8. The van der Waals surface area contributed by atoms with Crippen molar-refractivity contribution in [2.45, 2.75) is 12.8 Å². The lowest BCUT2D eigenvalue weighted by molar-refractivity contribution is -0.124. The molecule has 0 spiro atoms. The van der Waals surface area contributed by atoms with Crippen LogP contribution in [-0.4, -0.2) is 30.1 Å². The largest absolute Gasteiger partial charge is 0.492 e. The minimum absolute atomic E-state index is 0.0484. The average Bonchev–Trinajstić information content (AvgIpc) is 2.70. The molecule has 31 heavy (non-hydrogen) atoms. The van der Waals surface area contributed by atoms with E-state index in [0.29, 0.717) is 37.5 Å². The van der Waals surface area contributed by atoms with Crippen LogP contribution in [0.3, 0.4) is 0 Å². The first-order valence-electron chi connectivity index (χ1n) is 8.79. The third-order valence-corrected chi connectivity index (χ3v) is 5.11. The first-order chi connectivity index (χ1) is 14.7. The summed E-state index contributed by atoms with van der Waals surface area (Å²) >= 11 is 25.9. The summed E-state index contributed by atoms with van der Waals surface area (Å²) in [6, 6.07) is 9.80. The second-order valence-electron chi connectivity index (χ2n) is 5.94. The summed E-state index contributed by atoms with van der Waals surface area (Å²) in [4.78, 5) is 23.7. The summed E-state index contributed by atoms with van der Waals surface area (Å²) in [6.07, 6.45) is 0.595. The van der Waals surface area contributed by atoms with E-state index in [2.05, 4.69) is 32.1 Å². The lowest BCUT2D eigenvalue weighted by Crippen LogP contribution is -2.49. The Balaban J connectivity index is 1.60. The topological polar surface area (TPSA) is 88.7 Å². The van der Waals surface area contributed by atoms with E-state index >= 15 is 0 Å². The Bertz CT molecular complexity index is 965. The molecule has 166 valence electrons. The van der Waals surface area contributed by atoms with Crippen LogP contribution in [0.1, 0.15) is 12.8 Å². The third kappa shape index (κ3) is 9.49. The lowest BCUT2D eigenvalue weighted by atomic mass is 10.3. The van der Waals surface area contributed by atoms with Crippen LogP contribution in [0.2, 0.25) is 15.1 Å². The van der Waals surface area contributed by atoms with Crippen molar-refractivity contribution >= 4 is 79.9 Å². The maximum absolute atomic E-state index is 11.9. The molecule has 0 heterocycles. The van der Waals surface area contributed by atoms with Gasteiger partial charge in [0, 0.05) is 16.5 Å². The predicted octanol–water partition coefficient (Wildman–Crippen LogP) is 4.67. The maximum Gasteiger partial charge on any atom is 0.276 e. The molecule has 2 aromatic rings. The van der Waals surface area contributed by atoms with Gasteiger partial charge in [-0.3, -0.25) is 20.4 Å². The second kappa shape index (κ2) is 12.9. The van der Waals surface area contributed by atoms with Crippen LogP contribution < -0.4 is 25.6 Å². The van der Waals surface area contributed by atoms with Crippen LogP contribution in [0.5, 0.6) is 11.5 Å². The predicted molar refractivity (Wildman–Crippen MR) is 128 cm³/mol. The number of amides is 2. The molecule has 0 aliphatic carbocycles. The summed E-state index contributed by atoms with van der Waals surface area (Å²) in [6.45, 7) is 0.0116. The first-order valence-corrected chi connectivity index (χ1v) is 11.1. The van der Waals surface area contributed by atoms with Crippen LogP contribution in [-0.2, 0) is 9.59 Å². The zero-order valence-corrected chi connectivity index (χ0v) is 20.5. The highest BCUT2D eigenvalue weighted by Crippen LogP contribution is 2.28. The number of halogens is 4. The fraction of sp³-hybridized carbons (Fsp3) is 0.211. The van der Waals surface area contributed by atoms with Gasteiger partial charge in [-0.05, 0) is 71.0 Å². The van der Waals surface area contributed by atoms with Gasteiger partial charge in [-0.1, -0.05) is 34.8 Å². The van der Waals surface area contributed by atoms with Crippen molar-refractivity contribution in [3.8, 4) is 11.5 Å². The molecule has 0 unspecified atom stereocenters. The third-order valence-electron chi connectivity index (χ3n) is 3.52. The van der Waals surface area contributed by atoms with Crippen LogP contribution in [0, 0.1) is 0 Å². The molecule has 12 heteroatoms. The van der Waals surface area contributed by atoms with Crippen LogP contribution in [0.25, 0.3) is 0 Å². The van der Waals surface area contributed by atoms with E-state index in [0.717, 1.165) is 0 Å². The average molecular weight is 570 g/mol. The van der Waals surface area contributed by atoms with E-state index in [1.54, 1.807) is 36.4 Å². The number of nitrogens with one attached hydrogen (secondary N) is 3. The van der Waals surface area contributed by atoms with Crippen molar-refractivity contribution in [3.05, 3.63) is 55.9 Å². The number of thiocarbonyl (C=S) groups is 1. The molecule has 0 aliphatic heterocycles. The number of hydrogen-bond donors (Lipinski definition) is 3. The van der Waals surface area contributed by atoms with E-state index in [9.17, 15) is 9.59 Å². The summed E-state index contributed by atoms with van der Waals surface area (Å²) in [5.41, 5.74) is 4.76. The monoisotopic (exact) mass is 567 g/mol. The van der Waals surface area contributed by atoms with Gasteiger partial charge in [0.2, 0.25) is 5.91 Å². The van der Waals surface area contributed by atoms with Gasteiger partial charge in [-0.15, -0.1) is 0 Å². The number of rotatable bonds is 8. The van der Waals surface area contributed by atoms with E-state index in [1.807, 2.05) is 0 Å². The zero-order chi connectivity index (χ0) is 22.8. The van der Waals surface area contributed by atoms with Gasteiger partial charge in [0.05, 0.1) is 16.1 Å². The Kier molecular flexibility index (Phi) is 10.6. The molecule has 0 saturated heterocycles. The standard InChI is InChI=1S/C19H17BrCl3N3O4S/c20-13-8-11(21)3-5-15(13)30-10-18(28)25-26-19(31)24-17(27)2-1-7-29-16-6-4-12(22)9-14(16)23/h3-6,8-9H,1-2,7,10H2,(H,25,28)(H2,24,26,27,31). The summed E-state index contributed by atoms with van der Waals surface area (Å²) in [5.74, 6) is 0.113. The fourth-order valence-electron chi connectivity index (χ4n) is 2.13. The van der Waals surface area contributed by atoms with Crippen molar-refractivity contribution in [1.82, 2.24) is 16.2 Å². The molecule has 0 aliphatic rings. The smallest absolute Gasteiger partial charge is 0.276 e. The molecule has 0 bridgehead atoms. The van der Waals surface area contributed by atoms with Crippen LogP contribution >= 0.6 is 63.0 Å². The van der Waals surface area contributed by atoms with E-state index in [4.69, 9.17) is 56.5 Å². The summed E-state index contributed by atoms with van der Waals surface area (Å²) in [7, 11) is 0. The number of benzene rings is 2. The van der Waals surface area contributed by atoms with Crippen molar-refractivity contribution in [3.63, 3.8) is 0 Å². The molecule has 0 saturated carbocycles. The fourth-order valence-corrected chi connectivity index (χ4v) is 3.55. The van der Waals surface area contributed by atoms with E-state index in [-0.39, 0.29) is 30.7 Å². The maximum atomic E-state index is 11.9. The Morgan fingerprint density at radius 3 is 2.29 bits per heavy atom. The number of hydrogen-bond acceptors (Lipinski definition) is 5. The highest BCUT2D eigenvalue weighted by atomic mass is 79.9. The quantitative estimate of drug-likeness (QED) is 0.243. The molecule has 3 N–H and O–H groups in total. The summed E-state index contributed by atoms with van der Waals surface area (Å²) in [5, 5.41) is 3.83. The second-order valence-corrected chi connectivity index (χ2v) is 8.48. The first kappa shape index (κ1) is 25.5. The summed E-state index contributed by atoms with van der Waals surface area (Å²) < 4.78 is 11.5. The van der Waals surface area contributed by atoms with E-state index in [1.165, 1.54) is 0 Å². The Morgan fingerprint density at radius 2 is 1.61 bits per heavy atom. The highest BCUT2D eigenvalue weighted by Gasteiger charge is 2.09. The molecular formula is C19H17BrCl3N3O4S. The molecular weight excluding hydrogens is 553 g/mol. The SMILES string of the molecule is O=C(COc1ccc(Cl)cc1Br)NNC(=S)NC(=O)CCCOc1ccc(Cl)cc1Cl. The lowest BCUT2D eigenvalue weighted by Gasteiger charge is -2.12. The normalized spacial score (nSPS) is 10.2. The van der Waals surface area contributed by atoms with Gasteiger partial charge < -0.3 is 14.8 Å². The van der Waals surface area contributed by atoms with Gasteiger partial charge >= 0.3 is 0 Å². The van der Waals surface area contributed by atoms with Gasteiger partial charge in [-0.25, -0.2) is 0 Å². The molecule has 0 aromatic heterocycles. The van der Waals surface area contributed by atoms with Gasteiger partial charge in [-0.2, -0.15) is 0 Å². The van der Waals surface area contributed by atoms with E-state index < -0.39 is 5.91 Å². The number of carbonyl (C=O) groups excluding carboxylic acids is 2. The van der Waals surface area contributed by atoms with Crippen molar-refractivity contribution in [2.24, 2.45) is 0 Å². The van der Waals surface area contributed by atoms with Gasteiger partial charge in [0.25, 0.3) is 5.91 Å². The van der Waals surface area contributed by atoms with Crippen LogP contribution in [0.4, 0.5) is 0 Å². The minimum Gasteiger partial charge on any atom is -0.492 e. The number of ether oxygens (including phenoxy) is 2. The molecule has 2 amide bonds. The Labute approximate surface area is 207 Å². The molecule has 0 radical (unpaired) electrons. The van der Waals surface area contributed by atoms with Crippen molar-refractivity contribution < 1.29 is 19.1 Å². The Morgan fingerprint density at radius 1 is 0.935 bits per heavy atom. The molecule has 0 atom stereocenters. The van der Waals surface area contributed by atoms with Gasteiger partial charge in [0.1, 0.15) is 11.5 Å².